The van der Waals surface area contributed by atoms with E-state index < -0.39 is 10.0 Å². The van der Waals surface area contributed by atoms with Crippen molar-refractivity contribution in [2.45, 2.75) is 30.1 Å². The van der Waals surface area contributed by atoms with Crippen LogP contribution in [0.25, 0.3) is 0 Å². The zero-order chi connectivity index (χ0) is 20.3. The largest absolute Gasteiger partial charge is 0.322 e. The molecule has 7 heteroatoms. The van der Waals surface area contributed by atoms with Gasteiger partial charge in [-0.1, -0.05) is 19.9 Å². The van der Waals surface area contributed by atoms with E-state index in [0.29, 0.717) is 36.2 Å². The van der Waals surface area contributed by atoms with E-state index in [1.165, 1.54) is 12.1 Å². The summed E-state index contributed by atoms with van der Waals surface area (Å²) in [5.41, 5.74) is 1.14. The van der Waals surface area contributed by atoms with E-state index in [4.69, 9.17) is 0 Å². The smallest absolute Gasteiger partial charge is 0.255 e. The Labute approximate surface area is 171 Å². The normalized spacial score (nSPS) is 20.7. The molecule has 2 aromatic carbocycles. The number of rotatable bonds is 5. The molecule has 1 fully saturated rings. The molecule has 28 heavy (non-hydrogen) atoms. The molecular formula is C21H26N2O3S2. The van der Waals surface area contributed by atoms with Crippen molar-refractivity contribution in [1.82, 2.24) is 4.31 Å². The molecule has 2 atom stereocenters. The van der Waals surface area contributed by atoms with E-state index in [1.807, 2.05) is 30.5 Å². The summed E-state index contributed by atoms with van der Waals surface area (Å²) < 4.78 is 27.5. The third-order valence-corrected chi connectivity index (χ3v) is 7.49. The molecule has 1 heterocycles. The summed E-state index contributed by atoms with van der Waals surface area (Å²) in [6, 6.07) is 13.8. The van der Waals surface area contributed by atoms with Gasteiger partial charge in [0.2, 0.25) is 10.0 Å². The fourth-order valence-electron chi connectivity index (χ4n) is 3.63. The zero-order valence-electron chi connectivity index (χ0n) is 16.4. The molecule has 1 N–H and O–H groups in total. The van der Waals surface area contributed by atoms with Crippen LogP contribution in [0.3, 0.4) is 0 Å². The lowest BCUT2D eigenvalue weighted by molar-refractivity contribution is 0.102. The van der Waals surface area contributed by atoms with Crippen LogP contribution in [0.1, 0.15) is 30.6 Å². The number of hydrogen-bond acceptors (Lipinski definition) is 4. The zero-order valence-corrected chi connectivity index (χ0v) is 18.0. The number of sulfonamides is 1. The van der Waals surface area contributed by atoms with E-state index in [-0.39, 0.29) is 10.8 Å². The Morgan fingerprint density at radius 3 is 2.32 bits per heavy atom. The van der Waals surface area contributed by atoms with Crippen molar-refractivity contribution in [3.05, 3.63) is 54.1 Å². The number of amides is 1. The average molecular weight is 419 g/mol. The van der Waals surface area contributed by atoms with E-state index in [1.54, 1.807) is 28.2 Å². The monoisotopic (exact) mass is 418 g/mol. The first kappa shape index (κ1) is 20.9. The number of benzene rings is 2. The molecule has 1 aliphatic rings. The van der Waals surface area contributed by atoms with Gasteiger partial charge >= 0.3 is 0 Å². The van der Waals surface area contributed by atoms with Crippen LogP contribution in [0.4, 0.5) is 5.69 Å². The van der Waals surface area contributed by atoms with Gasteiger partial charge in [0.1, 0.15) is 0 Å². The highest BCUT2D eigenvalue weighted by Crippen LogP contribution is 2.27. The molecule has 5 nitrogen and oxygen atoms in total. The van der Waals surface area contributed by atoms with Crippen molar-refractivity contribution in [1.29, 1.82) is 0 Å². The third kappa shape index (κ3) is 4.77. The van der Waals surface area contributed by atoms with Crippen molar-refractivity contribution in [3.63, 3.8) is 0 Å². The maximum absolute atomic E-state index is 12.9. The van der Waals surface area contributed by atoms with Gasteiger partial charge in [-0.15, -0.1) is 11.8 Å². The summed E-state index contributed by atoms with van der Waals surface area (Å²) in [6.07, 6.45) is 3.02. The molecule has 0 aromatic heterocycles. The van der Waals surface area contributed by atoms with Crippen LogP contribution in [-0.2, 0) is 10.0 Å². The quantitative estimate of drug-likeness (QED) is 0.734. The Morgan fingerprint density at radius 2 is 1.71 bits per heavy atom. The molecule has 3 rings (SSSR count). The van der Waals surface area contributed by atoms with Crippen LogP contribution in [0.15, 0.2) is 58.3 Å². The Balaban J connectivity index is 1.74. The molecule has 1 amide bonds. The van der Waals surface area contributed by atoms with E-state index in [2.05, 4.69) is 19.2 Å². The first-order chi connectivity index (χ1) is 13.3. The predicted octanol–water partition coefficient (Wildman–Crippen LogP) is 4.33. The molecule has 150 valence electrons. The van der Waals surface area contributed by atoms with E-state index in [9.17, 15) is 13.2 Å². The van der Waals surface area contributed by atoms with E-state index >= 15 is 0 Å². The highest BCUT2D eigenvalue weighted by Gasteiger charge is 2.31. The number of carbonyl (C=O) groups excluding carboxylic acids is 1. The molecule has 0 bridgehead atoms. The Morgan fingerprint density at radius 1 is 1.07 bits per heavy atom. The topological polar surface area (TPSA) is 66.5 Å². The van der Waals surface area contributed by atoms with Gasteiger partial charge in [-0.25, -0.2) is 8.42 Å². The summed E-state index contributed by atoms with van der Waals surface area (Å²) >= 11 is 1.60. The van der Waals surface area contributed by atoms with Gasteiger partial charge in [0.15, 0.2) is 0 Å². The summed E-state index contributed by atoms with van der Waals surface area (Å²) in [5.74, 6) is 0.434. The minimum Gasteiger partial charge on any atom is -0.322 e. The van der Waals surface area contributed by atoms with Crippen LogP contribution in [0.2, 0.25) is 0 Å². The number of thioether (sulfide) groups is 1. The standard InChI is InChI=1S/C21H26N2O3S2/c1-15-11-16(2)14-23(13-15)28(25,26)20-9-7-17(8-10-20)21(24)22-18-5-4-6-19(12-18)27-3/h4-10,12,15-16H,11,13-14H2,1-3H3,(H,22,24). The van der Waals surface area contributed by atoms with Crippen LogP contribution in [-0.4, -0.2) is 38.0 Å². The molecule has 0 aliphatic carbocycles. The molecule has 2 aromatic rings. The number of piperidine rings is 1. The number of carbonyl (C=O) groups is 1. The van der Waals surface area contributed by atoms with Crippen molar-refractivity contribution in [2.75, 3.05) is 24.7 Å². The maximum Gasteiger partial charge on any atom is 0.255 e. The van der Waals surface area contributed by atoms with Crippen LogP contribution < -0.4 is 5.32 Å². The highest BCUT2D eigenvalue weighted by molar-refractivity contribution is 7.98. The second-order valence-electron chi connectivity index (χ2n) is 7.48. The second-order valence-corrected chi connectivity index (χ2v) is 10.3. The minimum atomic E-state index is -3.54. The van der Waals surface area contributed by atoms with Gasteiger partial charge in [0, 0.05) is 29.2 Å². The fraction of sp³-hybridized carbons (Fsp3) is 0.381. The third-order valence-electron chi connectivity index (χ3n) is 4.92. The Bertz CT molecular complexity index is 932. The van der Waals surface area contributed by atoms with Crippen molar-refractivity contribution >= 4 is 33.4 Å². The molecular weight excluding hydrogens is 392 g/mol. The summed E-state index contributed by atoms with van der Waals surface area (Å²) in [6.45, 7) is 5.25. The predicted molar refractivity (Wildman–Crippen MR) is 114 cm³/mol. The van der Waals surface area contributed by atoms with Crippen molar-refractivity contribution in [3.8, 4) is 0 Å². The lowest BCUT2D eigenvalue weighted by Gasteiger charge is -2.34. The Kier molecular flexibility index (Phi) is 6.47. The van der Waals surface area contributed by atoms with Gasteiger partial charge in [0.25, 0.3) is 5.91 Å². The number of anilines is 1. The van der Waals surface area contributed by atoms with Crippen molar-refractivity contribution < 1.29 is 13.2 Å². The molecule has 1 saturated heterocycles. The summed E-state index contributed by atoms with van der Waals surface area (Å²) in [4.78, 5) is 13.8. The lowest BCUT2D eigenvalue weighted by atomic mass is 9.94. The highest BCUT2D eigenvalue weighted by atomic mass is 32.2. The molecule has 0 saturated carbocycles. The molecule has 0 spiro atoms. The minimum absolute atomic E-state index is 0.231. The molecule has 0 radical (unpaired) electrons. The van der Waals surface area contributed by atoms with E-state index in [0.717, 1.165) is 11.3 Å². The van der Waals surface area contributed by atoms with Gasteiger partial charge in [-0.3, -0.25) is 4.79 Å². The van der Waals surface area contributed by atoms with Gasteiger partial charge in [-0.05, 0) is 67.0 Å². The second kappa shape index (κ2) is 8.68. The van der Waals surface area contributed by atoms with Gasteiger partial charge in [-0.2, -0.15) is 4.31 Å². The molecule has 2 unspecified atom stereocenters. The first-order valence-electron chi connectivity index (χ1n) is 9.35. The first-order valence-corrected chi connectivity index (χ1v) is 12.0. The Hall–Kier alpha value is -1.83. The maximum atomic E-state index is 12.9. The average Bonchev–Trinajstić information content (AvgIpc) is 2.67. The number of nitrogens with zero attached hydrogens (tertiary/aromatic N) is 1. The van der Waals surface area contributed by atoms with Gasteiger partial charge < -0.3 is 5.32 Å². The molecule has 1 aliphatic heterocycles. The number of nitrogens with one attached hydrogen (secondary N) is 1. The summed E-state index contributed by atoms with van der Waals surface area (Å²) in [7, 11) is -3.54. The van der Waals surface area contributed by atoms with Crippen LogP contribution in [0, 0.1) is 11.8 Å². The summed E-state index contributed by atoms with van der Waals surface area (Å²) in [5, 5.41) is 2.85. The fourth-order valence-corrected chi connectivity index (χ4v) is 5.77. The number of hydrogen-bond donors (Lipinski definition) is 1. The van der Waals surface area contributed by atoms with Gasteiger partial charge in [0.05, 0.1) is 4.90 Å². The van der Waals surface area contributed by atoms with Crippen molar-refractivity contribution in [2.24, 2.45) is 11.8 Å². The lowest BCUT2D eigenvalue weighted by Crippen LogP contribution is -2.42. The van der Waals surface area contributed by atoms with Crippen LogP contribution >= 0.6 is 11.8 Å². The SMILES string of the molecule is CSc1cccc(NC(=O)c2ccc(S(=O)(=O)N3CC(C)CC(C)C3)cc2)c1. The van der Waals surface area contributed by atoms with Crippen LogP contribution in [0.5, 0.6) is 0 Å².